The number of aromatic nitrogens is 2. The Morgan fingerprint density at radius 1 is 1.53 bits per heavy atom. The molecule has 104 valence electrons. The number of nitrogens with two attached hydrogens (primary N) is 1. The molecule has 8 heteroatoms. The maximum absolute atomic E-state index is 14.0. The van der Waals surface area contributed by atoms with Crippen LogP contribution in [-0.4, -0.2) is 43.7 Å². The molecule has 19 heavy (non-hydrogen) atoms. The molecule has 0 aromatic carbocycles. The summed E-state index contributed by atoms with van der Waals surface area (Å²) in [4.78, 5) is 15.2. The molecule has 1 heterocycles. The standard InChI is InChI=1S/C11H14FN3O4/c1-4-2-15(11(19)14-10(4)13)7-6(12)5(3-16)8(17)9(7)18/h2,7-9,16-18H,3H2,1H3,(H2,13,14,19)/t7-,8-,9+/m1/s1. The van der Waals surface area contributed by atoms with E-state index in [0.717, 1.165) is 4.57 Å². The Labute approximate surface area is 107 Å². The van der Waals surface area contributed by atoms with E-state index < -0.39 is 36.4 Å². The van der Waals surface area contributed by atoms with Gasteiger partial charge in [0.25, 0.3) is 0 Å². The van der Waals surface area contributed by atoms with Gasteiger partial charge in [0.05, 0.1) is 6.61 Å². The normalized spacial score (nSPS) is 27.1. The molecule has 0 bridgehead atoms. The summed E-state index contributed by atoms with van der Waals surface area (Å²) < 4.78 is 14.9. The quantitative estimate of drug-likeness (QED) is 0.526. The maximum Gasteiger partial charge on any atom is 0.350 e. The van der Waals surface area contributed by atoms with E-state index >= 15 is 0 Å². The first-order valence-electron chi connectivity index (χ1n) is 5.59. The number of aliphatic hydroxyl groups is 3. The predicted molar refractivity (Wildman–Crippen MR) is 63.9 cm³/mol. The summed E-state index contributed by atoms with van der Waals surface area (Å²) in [6.45, 7) is 0.835. The topological polar surface area (TPSA) is 122 Å². The van der Waals surface area contributed by atoms with Gasteiger partial charge in [0.2, 0.25) is 0 Å². The number of hydrogen-bond acceptors (Lipinski definition) is 6. The van der Waals surface area contributed by atoms with Gasteiger partial charge in [0, 0.05) is 17.3 Å². The molecule has 0 radical (unpaired) electrons. The second-order valence-corrected chi connectivity index (χ2v) is 4.41. The molecule has 0 unspecified atom stereocenters. The highest BCUT2D eigenvalue weighted by atomic mass is 19.1. The average molecular weight is 271 g/mol. The van der Waals surface area contributed by atoms with E-state index in [4.69, 9.17) is 10.8 Å². The van der Waals surface area contributed by atoms with E-state index in [2.05, 4.69) is 4.98 Å². The Morgan fingerprint density at radius 3 is 2.68 bits per heavy atom. The number of halogens is 1. The molecule has 7 nitrogen and oxygen atoms in total. The Kier molecular flexibility index (Phi) is 3.40. The van der Waals surface area contributed by atoms with Gasteiger partial charge in [-0.3, -0.25) is 4.57 Å². The van der Waals surface area contributed by atoms with Crippen LogP contribution in [0.2, 0.25) is 0 Å². The molecule has 0 saturated heterocycles. The number of nitrogen functional groups attached to an aromatic ring is 1. The number of aliphatic hydroxyl groups excluding tert-OH is 3. The lowest BCUT2D eigenvalue weighted by atomic mass is 10.1. The lowest BCUT2D eigenvalue weighted by molar-refractivity contribution is 0.0244. The minimum atomic E-state index is -1.57. The van der Waals surface area contributed by atoms with Crippen LogP contribution in [0, 0.1) is 6.92 Å². The van der Waals surface area contributed by atoms with Gasteiger partial charge >= 0.3 is 5.69 Å². The summed E-state index contributed by atoms with van der Waals surface area (Å²) in [5.41, 5.74) is 4.72. The number of anilines is 1. The number of nitrogens with zero attached hydrogens (tertiary/aromatic N) is 2. The summed E-state index contributed by atoms with van der Waals surface area (Å²) in [7, 11) is 0. The van der Waals surface area contributed by atoms with E-state index in [1.165, 1.54) is 6.20 Å². The highest BCUT2D eigenvalue weighted by Crippen LogP contribution is 2.36. The minimum Gasteiger partial charge on any atom is -0.392 e. The Bertz CT molecular complexity index is 598. The second kappa shape index (κ2) is 4.72. The summed E-state index contributed by atoms with van der Waals surface area (Å²) >= 11 is 0. The van der Waals surface area contributed by atoms with Crippen LogP contribution in [-0.2, 0) is 0 Å². The average Bonchev–Trinajstić information content (AvgIpc) is 2.56. The lowest BCUT2D eigenvalue weighted by Gasteiger charge is -2.20. The molecule has 0 fully saturated rings. The first-order valence-corrected chi connectivity index (χ1v) is 5.59. The maximum atomic E-state index is 14.0. The fourth-order valence-electron chi connectivity index (χ4n) is 2.09. The van der Waals surface area contributed by atoms with E-state index in [-0.39, 0.29) is 11.4 Å². The monoisotopic (exact) mass is 271 g/mol. The Hall–Kier alpha value is -1.77. The molecular weight excluding hydrogens is 257 g/mol. The van der Waals surface area contributed by atoms with Gasteiger partial charge < -0.3 is 21.1 Å². The lowest BCUT2D eigenvalue weighted by Crippen LogP contribution is -2.36. The second-order valence-electron chi connectivity index (χ2n) is 4.41. The molecule has 0 amide bonds. The fraction of sp³-hybridized carbons (Fsp3) is 0.455. The van der Waals surface area contributed by atoms with Gasteiger partial charge in [-0.05, 0) is 6.92 Å². The molecule has 1 aromatic rings. The Morgan fingerprint density at radius 2 is 2.16 bits per heavy atom. The van der Waals surface area contributed by atoms with Crippen LogP contribution in [0.3, 0.4) is 0 Å². The highest BCUT2D eigenvalue weighted by Gasteiger charge is 2.43. The fourth-order valence-corrected chi connectivity index (χ4v) is 2.09. The molecule has 1 aliphatic carbocycles. The van der Waals surface area contributed by atoms with E-state index in [1.807, 2.05) is 0 Å². The largest absolute Gasteiger partial charge is 0.392 e. The number of rotatable bonds is 2. The van der Waals surface area contributed by atoms with Crippen LogP contribution in [0.4, 0.5) is 10.2 Å². The first kappa shape index (κ1) is 13.7. The van der Waals surface area contributed by atoms with Gasteiger partial charge in [-0.15, -0.1) is 0 Å². The smallest absolute Gasteiger partial charge is 0.350 e. The molecule has 1 aliphatic rings. The molecular formula is C11H14FN3O4. The van der Waals surface area contributed by atoms with E-state index in [9.17, 15) is 19.4 Å². The van der Waals surface area contributed by atoms with Gasteiger partial charge in [0.1, 0.15) is 29.9 Å². The summed E-state index contributed by atoms with van der Waals surface area (Å²) in [5.74, 6) is -0.920. The zero-order chi connectivity index (χ0) is 14.3. The van der Waals surface area contributed by atoms with Crippen LogP contribution >= 0.6 is 0 Å². The SMILES string of the molecule is Cc1cn([C@@H]2C(F)=C(CO)[C@@H](O)[C@H]2O)c(=O)nc1N. The third-order valence-corrected chi connectivity index (χ3v) is 3.21. The molecule has 0 spiro atoms. The van der Waals surface area contributed by atoms with Crippen molar-refractivity contribution >= 4 is 5.82 Å². The number of aryl methyl sites for hydroxylation is 1. The van der Waals surface area contributed by atoms with Crippen molar-refractivity contribution in [1.29, 1.82) is 0 Å². The molecule has 1 aromatic heterocycles. The van der Waals surface area contributed by atoms with Gasteiger partial charge in [-0.1, -0.05) is 0 Å². The third kappa shape index (κ3) is 2.03. The molecule has 2 rings (SSSR count). The summed E-state index contributed by atoms with van der Waals surface area (Å²) in [5, 5.41) is 28.4. The highest BCUT2D eigenvalue weighted by molar-refractivity contribution is 5.36. The molecule has 0 saturated carbocycles. The zero-order valence-electron chi connectivity index (χ0n) is 10.1. The van der Waals surface area contributed by atoms with Crippen molar-refractivity contribution in [2.75, 3.05) is 12.3 Å². The van der Waals surface area contributed by atoms with Crippen LogP contribution in [0.1, 0.15) is 11.6 Å². The predicted octanol–water partition coefficient (Wildman–Crippen LogP) is -1.37. The molecule has 5 N–H and O–H groups in total. The van der Waals surface area contributed by atoms with Gasteiger partial charge in [0.15, 0.2) is 0 Å². The van der Waals surface area contributed by atoms with Crippen molar-refractivity contribution in [3.8, 4) is 0 Å². The van der Waals surface area contributed by atoms with Crippen molar-refractivity contribution in [3.05, 3.63) is 33.6 Å². The molecule has 3 atom stereocenters. The van der Waals surface area contributed by atoms with Crippen LogP contribution in [0.5, 0.6) is 0 Å². The zero-order valence-corrected chi connectivity index (χ0v) is 10.1. The third-order valence-electron chi connectivity index (χ3n) is 3.21. The van der Waals surface area contributed by atoms with Crippen molar-refractivity contribution in [2.24, 2.45) is 0 Å². The van der Waals surface area contributed by atoms with Gasteiger partial charge in [-0.2, -0.15) is 4.98 Å². The first-order chi connectivity index (χ1) is 8.88. The van der Waals surface area contributed by atoms with Crippen molar-refractivity contribution < 1.29 is 19.7 Å². The molecule has 0 aliphatic heterocycles. The van der Waals surface area contributed by atoms with Crippen molar-refractivity contribution in [2.45, 2.75) is 25.2 Å². The van der Waals surface area contributed by atoms with Crippen molar-refractivity contribution in [1.82, 2.24) is 9.55 Å². The van der Waals surface area contributed by atoms with Crippen LogP contribution < -0.4 is 11.4 Å². The van der Waals surface area contributed by atoms with Gasteiger partial charge in [-0.25, -0.2) is 9.18 Å². The van der Waals surface area contributed by atoms with Crippen LogP contribution in [0.25, 0.3) is 0 Å². The summed E-state index contributed by atoms with van der Waals surface area (Å²) in [6, 6.07) is -1.41. The summed E-state index contributed by atoms with van der Waals surface area (Å²) in [6.07, 6.45) is -1.87. The Balaban J connectivity index is 2.57. The van der Waals surface area contributed by atoms with E-state index in [0.29, 0.717) is 5.56 Å². The minimum absolute atomic E-state index is 0.0149. The van der Waals surface area contributed by atoms with Crippen LogP contribution in [0.15, 0.2) is 22.4 Å². The van der Waals surface area contributed by atoms with Crippen molar-refractivity contribution in [3.63, 3.8) is 0 Å². The number of hydrogen-bond donors (Lipinski definition) is 4. The van der Waals surface area contributed by atoms with E-state index in [1.54, 1.807) is 6.92 Å².